The van der Waals surface area contributed by atoms with Crippen LogP contribution in [0.3, 0.4) is 0 Å². The maximum atomic E-state index is 6.28. The first-order valence-corrected chi connectivity index (χ1v) is 11.7. The van der Waals surface area contributed by atoms with Crippen LogP contribution < -0.4 is 15.5 Å². The topological polar surface area (TPSA) is 53.1 Å². The minimum absolute atomic E-state index is 0.137. The highest BCUT2D eigenvalue weighted by Crippen LogP contribution is 2.40. The number of rotatable bonds is 5. The minimum atomic E-state index is 0.137. The maximum Gasteiger partial charge on any atom is 0.232 e. The van der Waals surface area contributed by atoms with E-state index in [4.69, 9.17) is 23.8 Å². The van der Waals surface area contributed by atoms with E-state index in [9.17, 15) is 0 Å². The van der Waals surface area contributed by atoms with Gasteiger partial charge in [0.25, 0.3) is 0 Å². The normalized spacial score (nSPS) is 18.9. The number of piperidine rings is 1. The van der Waals surface area contributed by atoms with Crippen molar-refractivity contribution in [3.8, 4) is 0 Å². The predicted octanol–water partition coefficient (Wildman–Crippen LogP) is 5.16. The van der Waals surface area contributed by atoms with E-state index in [1.807, 2.05) is 6.07 Å². The molecule has 160 valence electrons. The summed E-state index contributed by atoms with van der Waals surface area (Å²) < 4.78 is 0. The lowest BCUT2D eigenvalue weighted by Crippen LogP contribution is -2.41. The number of halogens is 1. The lowest BCUT2D eigenvalue weighted by Gasteiger charge is -2.31. The monoisotopic (exact) mass is 443 g/mol. The highest BCUT2D eigenvalue weighted by molar-refractivity contribution is 7.80. The number of anilines is 2. The third kappa shape index (κ3) is 5.03. The van der Waals surface area contributed by atoms with Crippen molar-refractivity contribution in [3.05, 3.63) is 47.1 Å². The maximum absolute atomic E-state index is 6.28. The van der Waals surface area contributed by atoms with Gasteiger partial charge < -0.3 is 15.5 Å². The second-order valence-electron chi connectivity index (χ2n) is 8.70. The van der Waals surface area contributed by atoms with Crippen molar-refractivity contribution >= 4 is 40.7 Å². The molecular weight excluding hydrogens is 414 g/mol. The molecule has 2 fully saturated rings. The predicted molar refractivity (Wildman–Crippen MR) is 128 cm³/mol. The summed E-state index contributed by atoms with van der Waals surface area (Å²) in [4.78, 5) is 11.3. The number of benzene rings is 1. The van der Waals surface area contributed by atoms with Crippen LogP contribution in [-0.2, 0) is 5.41 Å². The molecule has 4 rings (SSSR count). The zero-order valence-corrected chi connectivity index (χ0v) is 19.1. The number of hydrogen-bond donors (Lipinski definition) is 2. The van der Waals surface area contributed by atoms with Crippen molar-refractivity contribution in [3.63, 3.8) is 0 Å². The second kappa shape index (κ2) is 9.48. The third-order valence-electron chi connectivity index (χ3n) is 6.55. The van der Waals surface area contributed by atoms with Crippen LogP contribution in [0.4, 0.5) is 11.8 Å². The molecule has 1 aliphatic carbocycles. The van der Waals surface area contributed by atoms with Gasteiger partial charge in [-0.1, -0.05) is 61.7 Å². The van der Waals surface area contributed by atoms with Gasteiger partial charge in [-0.15, -0.1) is 0 Å². The summed E-state index contributed by atoms with van der Waals surface area (Å²) in [5, 5.41) is 7.54. The largest absolute Gasteiger partial charge is 0.361 e. The first-order valence-electron chi connectivity index (χ1n) is 10.9. The molecule has 2 aromatic rings. The van der Waals surface area contributed by atoms with E-state index in [-0.39, 0.29) is 5.41 Å². The molecule has 0 atom stereocenters. The van der Waals surface area contributed by atoms with Crippen LogP contribution in [0.5, 0.6) is 0 Å². The van der Waals surface area contributed by atoms with Gasteiger partial charge in [-0.05, 0) is 49.4 Å². The average molecular weight is 444 g/mol. The molecule has 2 aliphatic rings. The smallest absolute Gasteiger partial charge is 0.232 e. The van der Waals surface area contributed by atoms with E-state index in [1.54, 1.807) is 0 Å². The Morgan fingerprint density at radius 3 is 2.57 bits per heavy atom. The van der Waals surface area contributed by atoms with Crippen LogP contribution >= 0.6 is 23.8 Å². The van der Waals surface area contributed by atoms with E-state index in [0.29, 0.717) is 16.2 Å². The lowest BCUT2D eigenvalue weighted by molar-refractivity contribution is 0.435. The quantitative estimate of drug-likeness (QED) is 0.491. The van der Waals surface area contributed by atoms with Crippen molar-refractivity contribution in [2.24, 2.45) is 5.92 Å². The van der Waals surface area contributed by atoms with E-state index in [1.165, 1.54) is 44.1 Å². The zero-order chi connectivity index (χ0) is 21.0. The van der Waals surface area contributed by atoms with E-state index < -0.39 is 0 Å². The van der Waals surface area contributed by atoms with Gasteiger partial charge in [-0.2, -0.15) is 4.98 Å². The minimum Gasteiger partial charge on any atom is -0.361 e. The van der Waals surface area contributed by atoms with Gasteiger partial charge in [0.15, 0.2) is 5.11 Å². The summed E-state index contributed by atoms with van der Waals surface area (Å²) in [5.41, 5.74) is 1.52. The van der Waals surface area contributed by atoms with Crippen molar-refractivity contribution < 1.29 is 0 Å². The molecule has 0 radical (unpaired) electrons. The fourth-order valence-electron chi connectivity index (χ4n) is 4.67. The molecular formula is C23H30ClN5S. The van der Waals surface area contributed by atoms with Gasteiger partial charge in [0, 0.05) is 31.1 Å². The van der Waals surface area contributed by atoms with Crippen molar-refractivity contribution in [1.29, 1.82) is 0 Å². The van der Waals surface area contributed by atoms with Crippen molar-refractivity contribution in [2.45, 2.75) is 50.9 Å². The van der Waals surface area contributed by atoms with Gasteiger partial charge >= 0.3 is 0 Å². The Balaban J connectivity index is 1.40. The zero-order valence-electron chi connectivity index (χ0n) is 17.5. The number of thiocarbonyl (C=S) groups is 1. The van der Waals surface area contributed by atoms with Crippen LogP contribution in [0, 0.1) is 5.92 Å². The molecule has 2 N–H and O–H groups in total. The van der Waals surface area contributed by atoms with Crippen LogP contribution in [0.15, 0.2) is 36.4 Å². The number of nitrogens with one attached hydrogen (secondary N) is 2. The van der Waals surface area contributed by atoms with Crippen molar-refractivity contribution in [2.75, 3.05) is 29.9 Å². The number of nitrogens with zero attached hydrogens (tertiary/aromatic N) is 3. The Bertz CT molecular complexity index is 861. The van der Waals surface area contributed by atoms with E-state index in [2.05, 4.69) is 62.8 Å². The van der Waals surface area contributed by atoms with Gasteiger partial charge in [0.2, 0.25) is 5.95 Å². The van der Waals surface area contributed by atoms with Crippen molar-refractivity contribution in [1.82, 2.24) is 15.3 Å². The highest BCUT2D eigenvalue weighted by atomic mass is 35.5. The molecule has 2 heterocycles. The fourth-order valence-corrected chi connectivity index (χ4v) is 5.01. The van der Waals surface area contributed by atoms with Crippen LogP contribution in [-0.4, -0.2) is 34.7 Å². The molecule has 0 bridgehead atoms. The van der Waals surface area contributed by atoms with E-state index >= 15 is 0 Å². The molecule has 1 aromatic carbocycles. The average Bonchev–Trinajstić information content (AvgIpc) is 3.23. The Kier molecular flexibility index (Phi) is 6.74. The third-order valence-corrected chi connectivity index (χ3v) is 6.99. The Morgan fingerprint density at radius 2 is 1.87 bits per heavy atom. The Hall–Kier alpha value is -1.92. The Morgan fingerprint density at radius 1 is 1.17 bits per heavy atom. The molecule has 1 saturated carbocycles. The highest BCUT2D eigenvalue weighted by Gasteiger charge is 2.35. The first kappa shape index (κ1) is 21.3. The molecule has 30 heavy (non-hydrogen) atoms. The molecule has 7 heteroatoms. The van der Waals surface area contributed by atoms with E-state index in [0.717, 1.165) is 31.4 Å². The summed E-state index contributed by atoms with van der Waals surface area (Å²) in [5.74, 6) is 2.08. The van der Waals surface area contributed by atoms with Crippen LogP contribution in [0.25, 0.3) is 0 Å². The van der Waals surface area contributed by atoms with Gasteiger partial charge in [0.05, 0.1) is 0 Å². The van der Waals surface area contributed by atoms with Gasteiger partial charge in [-0.25, -0.2) is 4.98 Å². The summed E-state index contributed by atoms with van der Waals surface area (Å²) in [6, 6.07) is 12.6. The number of hydrogen-bond acceptors (Lipinski definition) is 4. The Labute approximate surface area is 189 Å². The summed E-state index contributed by atoms with van der Waals surface area (Å²) in [6.45, 7) is 5.10. The van der Waals surface area contributed by atoms with Crippen LogP contribution in [0.1, 0.15) is 51.0 Å². The molecule has 0 amide bonds. The summed E-state index contributed by atoms with van der Waals surface area (Å²) >= 11 is 11.9. The molecule has 0 spiro atoms. The molecule has 1 aromatic heterocycles. The summed E-state index contributed by atoms with van der Waals surface area (Å²) in [6.07, 6.45) is 7.21. The lowest BCUT2D eigenvalue weighted by atomic mass is 9.79. The van der Waals surface area contributed by atoms with Gasteiger partial charge in [-0.3, -0.25) is 0 Å². The molecule has 1 saturated heterocycles. The first-order chi connectivity index (χ1) is 14.5. The molecule has 1 aliphatic heterocycles. The second-order valence-corrected chi connectivity index (χ2v) is 9.50. The SMILES string of the molecule is CC1CCN(c2cc(Cl)nc(NC(=S)NCC3(c4ccccc4)CCCC3)n2)CC1. The number of aromatic nitrogens is 2. The standard InChI is InChI=1S/C23H30ClN5S/c1-17-9-13-29(14-10-17)20-15-19(24)26-21(27-20)28-22(30)25-16-23(11-5-6-12-23)18-7-3-2-4-8-18/h2-4,7-8,15,17H,5-6,9-14,16H2,1H3,(H2,25,26,27,28,30). The molecule has 5 nitrogen and oxygen atoms in total. The fraction of sp³-hybridized carbons (Fsp3) is 0.522. The van der Waals surface area contributed by atoms with Gasteiger partial charge in [0.1, 0.15) is 11.0 Å². The van der Waals surface area contributed by atoms with Crippen LogP contribution in [0.2, 0.25) is 5.15 Å². The molecule has 0 unspecified atom stereocenters. The summed E-state index contributed by atoms with van der Waals surface area (Å²) in [7, 11) is 0.